The highest BCUT2D eigenvalue weighted by atomic mass is 32.1. The summed E-state index contributed by atoms with van der Waals surface area (Å²) in [4.78, 5) is 51.2. The number of urea groups is 1. The van der Waals surface area contributed by atoms with E-state index in [-0.39, 0.29) is 12.5 Å². The van der Waals surface area contributed by atoms with E-state index in [0.717, 1.165) is 0 Å². The summed E-state index contributed by atoms with van der Waals surface area (Å²) in [7, 11) is 1.28. The number of carboxylic acid groups (broad SMARTS) is 1. The zero-order valence-electron chi connectivity index (χ0n) is 15.1. The first-order valence-corrected chi connectivity index (χ1v) is 9.41. The lowest BCUT2D eigenvalue weighted by atomic mass is 9.90. The van der Waals surface area contributed by atoms with Crippen molar-refractivity contribution in [1.82, 2.24) is 10.2 Å². The van der Waals surface area contributed by atoms with E-state index < -0.39 is 29.4 Å². The van der Waals surface area contributed by atoms with Gasteiger partial charge in [-0.3, -0.25) is 9.59 Å². The Labute approximate surface area is 159 Å². The summed E-state index contributed by atoms with van der Waals surface area (Å²) in [5, 5.41) is 14.2. The van der Waals surface area contributed by atoms with Gasteiger partial charge in [-0.1, -0.05) is 0 Å². The van der Waals surface area contributed by atoms with Crippen LogP contribution in [-0.2, 0) is 14.3 Å². The van der Waals surface area contributed by atoms with E-state index in [0.29, 0.717) is 36.5 Å². The molecule has 9 nitrogen and oxygen atoms in total. The summed E-state index contributed by atoms with van der Waals surface area (Å²) >= 11 is 1.26. The number of carboxylic acids is 1. The fourth-order valence-electron chi connectivity index (χ4n) is 3.34. The van der Waals surface area contributed by atoms with Gasteiger partial charge in [-0.15, -0.1) is 11.3 Å². The van der Waals surface area contributed by atoms with E-state index >= 15 is 0 Å². The van der Waals surface area contributed by atoms with E-state index in [1.54, 1.807) is 18.4 Å². The number of nitrogens with zero attached hydrogens (tertiary/aromatic N) is 2. The molecule has 2 N–H and O–H groups in total. The van der Waals surface area contributed by atoms with Crippen LogP contribution < -0.4 is 10.2 Å². The minimum atomic E-state index is -0.963. The average molecular weight is 395 g/mol. The van der Waals surface area contributed by atoms with Crippen molar-refractivity contribution in [3.63, 3.8) is 0 Å². The highest BCUT2D eigenvalue weighted by molar-refractivity contribution is 7.14. The average Bonchev–Trinajstić information content (AvgIpc) is 3.34. The van der Waals surface area contributed by atoms with Gasteiger partial charge >= 0.3 is 18.0 Å². The van der Waals surface area contributed by atoms with Crippen LogP contribution in [0.2, 0.25) is 0 Å². The maximum absolute atomic E-state index is 12.7. The van der Waals surface area contributed by atoms with Gasteiger partial charge in [-0.2, -0.15) is 0 Å². The van der Waals surface area contributed by atoms with Crippen molar-refractivity contribution in [2.45, 2.75) is 25.8 Å². The molecule has 2 unspecified atom stereocenters. The first-order valence-electron chi connectivity index (χ1n) is 8.53. The summed E-state index contributed by atoms with van der Waals surface area (Å²) in [5.41, 5.74) is -0.644. The number of methoxy groups -OCH3 is 1. The first-order chi connectivity index (χ1) is 12.8. The number of amides is 3. The monoisotopic (exact) mass is 395 g/mol. The third-order valence-electron chi connectivity index (χ3n) is 5.08. The molecular weight excluding hydrogens is 374 g/mol. The predicted molar refractivity (Wildman–Crippen MR) is 96.9 cm³/mol. The zero-order valence-corrected chi connectivity index (χ0v) is 15.9. The van der Waals surface area contributed by atoms with E-state index in [9.17, 15) is 24.3 Å². The Bertz CT molecular complexity index is 793. The molecule has 146 valence electrons. The maximum atomic E-state index is 12.7. The fraction of sp³-hybridized carbons (Fsp3) is 0.529. The smallest absolute Gasteiger partial charge is 0.340 e. The SMILES string of the molecule is COC(=O)c1ccsc1N1CCC(NC(=O)N2CCC(C)(C(=O)O)C2)C1=O. The van der Waals surface area contributed by atoms with Gasteiger partial charge in [-0.25, -0.2) is 9.59 Å². The Morgan fingerprint density at radius 2 is 2.11 bits per heavy atom. The molecular formula is C17H21N3O6S. The van der Waals surface area contributed by atoms with Gasteiger partial charge in [0.2, 0.25) is 5.91 Å². The van der Waals surface area contributed by atoms with Crippen LogP contribution in [0.15, 0.2) is 11.4 Å². The number of carbonyl (C=O) groups is 4. The molecule has 2 fully saturated rings. The molecule has 27 heavy (non-hydrogen) atoms. The van der Waals surface area contributed by atoms with Gasteiger partial charge in [-0.05, 0) is 31.2 Å². The Kier molecular flexibility index (Phi) is 5.09. The molecule has 2 atom stereocenters. The Morgan fingerprint density at radius 1 is 1.37 bits per heavy atom. The van der Waals surface area contributed by atoms with Gasteiger partial charge in [0.1, 0.15) is 11.0 Å². The number of anilines is 1. The van der Waals surface area contributed by atoms with Gasteiger partial charge < -0.3 is 25.0 Å². The summed E-state index contributed by atoms with van der Waals surface area (Å²) in [6, 6.07) is 0.448. The molecule has 0 bridgehead atoms. The van der Waals surface area contributed by atoms with Crippen LogP contribution in [-0.4, -0.2) is 66.7 Å². The van der Waals surface area contributed by atoms with E-state index in [2.05, 4.69) is 5.32 Å². The molecule has 0 saturated carbocycles. The van der Waals surface area contributed by atoms with Gasteiger partial charge in [0.15, 0.2) is 0 Å². The zero-order chi connectivity index (χ0) is 19.8. The van der Waals surface area contributed by atoms with Crippen LogP contribution >= 0.6 is 11.3 Å². The number of thiophene rings is 1. The van der Waals surface area contributed by atoms with Crippen LogP contribution in [0.25, 0.3) is 0 Å². The number of nitrogens with one attached hydrogen (secondary N) is 1. The molecule has 0 radical (unpaired) electrons. The van der Waals surface area contributed by atoms with Crippen molar-refractivity contribution >= 4 is 40.2 Å². The molecule has 3 rings (SSSR count). The minimum absolute atomic E-state index is 0.107. The molecule has 3 amide bonds. The second-order valence-electron chi connectivity index (χ2n) is 6.95. The lowest BCUT2D eigenvalue weighted by Gasteiger charge is -2.22. The maximum Gasteiger partial charge on any atom is 0.340 e. The van der Waals surface area contributed by atoms with Crippen molar-refractivity contribution in [2.75, 3.05) is 31.6 Å². The summed E-state index contributed by atoms with van der Waals surface area (Å²) in [6.07, 6.45) is 0.783. The highest BCUT2D eigenvalue weighted by Gasteiger charge is 2.43. The van der Waals surface area contributed by atoms with Gasteiger partial charge in [0.05, 0.1) is 18.1 Å². The van der Waals surface area contributed by atoms with E-state index in [4.69, 9.17) is 4.74 Å². The Hall–Kier alpha value is -2.62. The number of hydrogen-bond donors (Lipinski definition) is 2. The van der Waals surface area contributed by atoms with Crippen molar-refractivity contribution in [1.29, 1.82) is 0 Å². The predicted octanol–water partition coefficient (Wildman–Crippen LogP) is 1.15. The fourth-order valence-corrected chi connectivity index (χ4v) is 4.26. The van der Waals surface area contributed by atoms with Gasteiger partial charge in [0, 0.05) is 19.6 Å². The molecule has 10 heteroatoms. The van der Waals surface area contributed by atoms with Crippen LogP contribution in [0, 0.1) is 5.41 Å². The largest absolute Gasteiger partial charge is 0.481 e. The summed E-state index contributed by atoms with van der Waals surface area (Å²) in [5.74, 6) is -1.75. The topological polar surface area (TPSA) is 116 Å². The van der Waals surface area contributed by atoms with Crippen LogP contribution in [0.3, 0.4) is 0 Å². The number of esters is 1. The number of carbonyl (C=O) groups excluding carboxylic acids is 3. The van der Waals surface area contributed by atoms with E-state index in [1.807, 2.05) is 0 Å². The lowest BCUT2D eigenvalue weighted by Crippen LogP contribution is -2.48. The Morgan fingerprint density at radius 3 is 2.74 bits per heavy atom. The summed E-state index contributed by atoms with van der Waals surface area (Å²) in [6.45, 7) is 2.42. The number of ether oxygens (including phenoxy) is 1. The number of hydrogen-bond acceptors (Lipinski definition) is 6. The molecule has 3 heterocycles. The highest BCUT2D eigenvalue weighted by Crippen LogP contribution is 2.33. The standard InChI is InChI=1S/C17H21N3O6S/c1-17(15(23)24)5-7-19(9-17)16(25)18-11-3-6-20(12(11)21)13-10(4-8-27-13)14(22)26-2/h4,8,11H,3,5-7,9H2,1-2H3,(H,18,25)(H,23,24). The molecule has 1 aromatic heterocycles. The Balaban J connectivity index is 1.65. The van der Waals surface area contributed by atoms with Crippen LogP contribution in [0.1, 0.15) is 30.1 Å². The summed E-state index contributed by atoms with van der Waals surface area (Å²) < 4.78 is 4.73. The first kappa shape index (κ1) is 19.2. The van der Waals surface area contributed by atoms with Crippen LogP contribution in [0.4, 0.5) is 9.80 Å². The lowest BCUT2D eigenvalue weighted by molar-refractivity contribution is -0.147. The molecule has 1 aromatic rings. The molecule has 2 aliphatic rings. The second kappa shape index (κ2) is 7.18. The van der Waals surface area contributed by atoms with Crippen LogP contribution in [0.5, 0.6) is 0 Å². The third-order valence-corrected chi connectivity index (χ3v) is 6.01. The number of rotatable bonds is 4. The number of aliphatic carboxylic acids is 1. The third kappa shape index (κ3) is 3.48. The normalized spacial score (nSPS) is 25.0. The van der Waals surface area contributed by atoms with Crippen molar-refractivity contribution in [2.24, 2.45) is 5.41 Å². The van der Waals surface area contributed by atoms with Gasteiger partial charge in [0.25, 0.3) is 0 Å². The van der Waals surface area contributed by atoms with E-state index in [1.165, 1.54) is 28.2 Å². The van der Waals surface area contributed by atoms with Crippen molar-refractivity contribution in [3.05, 3.63) is 17.0 Å². The molecule has 0 aliphatic carbocycles. The van der Waals surface area contributed by atoms with Crippen molar-refractivity contribution < 1.29 is 29.0 Å². The quantitative estimate of drug-likeness (QED) is 0.739. The molecule has 0 aromatic carbocycles. The minimum Gasteiger partial charge on any atom is -0.481 e. The molecule has 0 spiro atoms. The van der Waals surface area contributed by atoms with Crippen molar-refractivity contribution in [3.8, 4) is 0 Å². The molecule has 2 aliphatic heterocycles. The number of likely N-dealkylation sites (tertiary alicyclic amines) is 1. The second-order valence-corrected chi connectivity index (χ2v) is 7.84. The molecule has 2 saturated heterocycles.